The number of benzene rings is 1. The molecule has 102 valence electrons. The van der Waals surface area contributed by atoms with Crippen LogP contribution in [0.2, 0.25) is 0 Å². The molecule has 20 heavy (non-hydrogen) atoms. The van der Waals surface area contributed by atoms with E-state index in [1.54, 1.807) is 12.1 Å². The Morgan fingerprint density at radius 1 is 1.30 bits per heavy atom. The number of aromatic nitrogens is 1. The lowest BCUT2D eigenvalue weighted by Crippen LogP contribution is -2.24. The summed E-state index contributed by atoms with van der Waals surface area (Å²) in [6.45, 7) is 0.113. The zero-order valence-electron chi connectivity index (χ0n) is 10.3. The zero-order valence-corrected chi connectivity index (χ0v) is 10.3. The van der Waals surface area contributed by atoms with Gasteiger partial charge in [0.1, 0.15) is 0 Å². The SMILES string of the molecule is O=C(O)c1cccc(CNC(=O)c2ccncc2F)c1. The van der Waals surface area contributed by atoms with Crippen molar-refractivity contribution in [2.75, 3.05) is 0 Å². The van der Waals surface area contributed by atoms with E-state index in [0.717, 1.165) is 6.20 Å². The van der Waals surface area contributed by atoms with Gasteiger partial charge in [-0.15, -0.1) is 0 Å². The second-order valence-electron chi connectivity index (χ2n) is 4.04. The largest absolute Gasteiger partial charge is 0.478 e. The van der Waals surface area contributed by atoms with Crippen LogP contribution in [0.1, 0.15) is 26.3 Å². The van der Waals surface area contributed by atoms with Crippen LogP contribution in [0, 0.1) is 5.82 Å². The van der Waals surface area contributed by atoms with E-state index in [9.17, 15) is 14.0 Å². The highest BCUT2D eigenvalue weighted by Gasteiger charge is 2.11. The van der Waals surface area contributed by atoms with E-state index in [0.29, 0.717) is 5.56 Å². The fourth-order valence-electron chi connectivity index (χ4n) is 1.65. The molecular weight excluding hydrogens is 263 g/mol. The summed E-state index contributed by atoms with van der Waals surface area (Å²) < 4.78 is 13.3. The van der Waals surface area contributed by atoms with Crippen LogP contribution in [0.4, 0.5) is 4.39 Å². The lowest BCUT2D eigenvalue weighted by atomic mass is 10.1. The summed E-state index contributed by atoms with van der Waals surface area (Å²) in [6, 6.07) is 7.44. The number of amides is 1. The highest BCUT2D eigenvalue weighted by Crippen LogP contribution is 2.07. The monoisotopic (exact) mass is 274 g/mol. The van der Waals surface area contributed by atoms with Crippen LogP contribution in [0.5, 0.6) is 0 Å². The fraction of sp³-hybridized carbons (Fsp3) is 0.0714. The summed E-state index contributed by atoms with van der Waals surface area (Å²) in [5, 5.41) is 11.4. The van der Waals surface area contributed by atoms with E-state index >= 15 is 0 Å². The number of carboxylic acids is 1. The van der Waals surface area contributed by atoms with Crippen molar-refractivity contribution in [3.8, 4) is 0 Å². The van der Waals surface area contributed by atoms with Crippen molar-refractivity contribution < 1.29 is 19.1 Å². The molecule has 0 atom stereocenters. The van der Waals surface area contributed by atoms with Gasteiger partial charge in [0.25, 0.3) is 5.91 Å². The predicted molar refractivity (Wildman–Crippen MR) is 68.8 cm³/mol. The van der Waals surface area contributed by atoms with Crippen molar-refractivity contribution in [1.29, 1.82) is 0 Å². The van der Waals surface area contributed by atoms with E-state index in [1.165, 1.54) is 24.4 Å². The Bertz CT molecular complexity index is 658. The Labute approximate surface area is 114 Å². The topological polar surface area (TPSA) is 79.3 Å². The van der Waals surface area contributed by atoms with Crippen LogP contribution in [-0.2, 0) is 6.54 Å². The Morgan fingerprint density at radius 3 is 2.80 bits per heavy atom. The molecule has 0 aliphatic heterocycles. The number of halogens is 1. The van der Waals surface area contributed by atoms with Gasteiger partial charge in [-0.3, -0.25) is 9.78 Å². The van der Waals surface area contributed by atoms with Crippen molar-refractivity contribution >= 4 is 11.9 Å². The van der Waals surface area contributed by atoms with Crippen molar-refractivity contribution in [3.05, 3.63) is 65.2 Å². The molecule has 0 unspecified atom stereocenters. The number of hydrogen-bond donors (Lipinski definition) is 2. The molecule has 2 aromatic rings. The molecule has 0 bridgehead atoms. The summed E-state index contributed by atoms with van der Waals surface area (Å²) in [4.78, 5) is 26.1. The first kappa shape index (κ1) is 13.7. The lowest BCUT2D eigenvalue weighted by Gasteiger charge is -2.06. The minimum Gasteiger partial charge on any atom is -0.478 e. The van der Waals surface area contributed by atoms with Gasteiger partial charge in [0.05, 0.1) is 17.3 Å². The molecule has 0 aliphatic rings. The van der Waals surface area contributed by atoms with E-state index in [4.69, 9.17) is 5.11 Å². The van der Waals surface area contributed by atoms with Crippen LogP contribution < -0.4 is 5.32 Å². The summed E-state index contributed by atoms with van der Waals surface area (Å²) in [6.07, 6.45) is 2.28. The van der Waals surface area contributed by atoms with Crippen LogP contribution in [0.15, 0.2) is 42.7 Å². The Morgan fingerprint density at radius 2 is 2.10 bits per heavy atom. The number of aromatic carboxylic acids is 1. The van der Waals surface area contributed by atoms with E-state index in [1.807, 2.05) is 0 Å². The first-order valence-corrected chi connectivity index (χ1v) is 5.78. The van der Waals surface area contributed by atoms with Gasteiger partial charge in [0.15, 0.2) is 5.82 Å². The molecule has 6 heteroatoms. The van der Waals surface area contributed by atoms with Crippen molar-refractivity contribution in [1.82, 2.24) is 10.3 Å². The molecule has 0 saturated carbocycles. The number of nitrogens with one attached hydrogen (secondary N) is 1. The van der Waals surface area contributed by atoms with Gasteiger partial charge in [-0.1, -0.05) is 12.1 Å². The van der Waals surface area contributed by atoms with Crippen LogP contribution >= 0.6 is 0 Å². The minimum atomic E-state index is -1.04. The molecule has 0 aliphatic carbocycles. The lowest BCUT2D eigenvalue weighted by molar-refractivity contribution is 0.0696. The third kappa shape index (κ3) is 3.17. The van der Waals surface area contributed by atoms with Gasteiger partial charge in [0.2, 0.25) is 0 Å². The van der Waals surface area contributed by atoms with Gasteiger partial charge >= 0.3 is 5.97 Å². The van der Waals surface area contributed by atoms with E-state index < -0.39 is 17.7 Å². The van der Waals surface area contributed by atoms with E-state index in [-0.39, 0.29) is 17.7 Å². The van der Waals surface area contributed by atoms with E-state index in [2.05, 4.69) is 10.3 Å². The predicted octanol–water partition coefficient (Wildman–Crippen LogP) is 1.85. The number of carbonyl (C=O) groups is 2. The molecule has 1 amide bonds. The maximum Gasteiger partial charge on any atom is 0.335 e. The second-order valence-corrected chi connectivity index (χ2v) is 4.04. The maximum atomic E-state index is 13.3. The number of carboxylic acid groups (broad SMARTS) is 1. The number of pyridine rings is 1. The molecule has 2 rings (SSSR count). The molecule has 1 aromatic heterocycles. The highest BCUT2D eigenvalue weighted by molar-refractivity contribution is 5.94. The smallest absolute Gasteiger partial charge is 0.335 e. The normalized spacial score (nSPS) is 10.1. The molecule has 0 fully saturated rings. The Hall–Kier alpha value is -2.76. The molecule has 1 aromatic carbocycles. The molecule has 0 radical (unpaired) electrons. The molecule has 1 heterocycles. The van der Waals surface area contributed by atoms with Gasteiger partial charge in [-0.05, 0) is 23.8 Å². The maximum absolute atomic E-state index is 13.3. The van der Waals surface area contributed by atoms with Crippen molar-refractivity contribution in [3.63, 3.8) is 0 Å². The average molecular weight is 274 g/mol. The molecule has 5 nitrogen and oxygen atoms in total. The molecule has 2 N–H and O–H groups in total. The minimum absolute atomic E-state index is 0.102. The third-order valence-corrected chi connectivity index (χ3v) is 2.64. The van der Waals surface area contributed by atoms with Gasteiger partial charge < -0.3 is 10.4 Å². The van der Waals surface area contributed by atoms with Crippen molar-refractivity contribution in [2.45, 2.75) is 6.54 Å². The van der Waals surface area contributed by atoms with Crippen LogP contribution in [0.25, 0.3) is 0 Å². The summed E-state index contributed by atoms with van der Waals surface area (Å²) in [7, 11) is 0. The first-order chi connectivity index (χ1) is 9.58. The number of hydrogen-bond acceptors (Lipinski definition) is 3. The molecule has 0 spiro atoms. The summed E-state index contributed by atoms with van der Waals surface area (Å²) >= 11 is 0. The number of carbonyl (C=O) groups excluding carboxylic acids is 1. The fourth-order valence-corrected chi connectivity index (χ4v) is 1.65. The second kappa shape index (κ2) is 5.92. The summed E-state index contributed by atoms with van der Waals surface area (Å²) in [5.74, 6) is -2.33. The van der Waals surface area contributed by atoms with Crippen molar-refractivity contribution in [2.24, 2.45) is 0 Å². The summed E-state index contributed by atoms with van der Waals surface area (Å²) in [5.41, 5.74) is 0.647. The van der Waals surface area contributed by atoms with Gasteiger partial charge in [-0.2, -0.15) is 0 Å². The van der Waals surface area contributed by atoms with Crippen LogP contribution in [0.3, 0.4) is 0 Å². The quantitative estimate of drug-likeness (QED) is 0.891. The third-order valence-electron chi connectivity index (χ3n) is 2.64. The molecule has 0 saturated heterocycles. The number of rotatable bonds is 4. The molecular formula is C14H11FN2O3. The Balaban J connectivity index is 2.06. The first-order valence-electron chi connectivity index (χ1n) is 5.78. The average Bonchev–Trinajstić information content (AvgIpc) is 2.45. The van der Waals surface area contributed by atoms with Crippen LogP contribution in [-0.4, -0.2) is 22.0 Å². The van der Waals surface area contributed by atoms with Gasteiger partial charge in [0, 0.05) is 12.7 Å². The zero-order chi connectivity index (χ0) is 14.5. The number of nitrogens with zero attached hydrogens (tertiary/aromatic N) is 1. The highest BCUT2D eigenvalue weighted by atomic mass is 19.1. The standard InChI is InChI=1S/C14H11FN2O3/c15-12-8-16-5-4-11(12)13(18)17-7-9-2-1-3-10(6-9)14(19)20/h1-6,8H,7H2,(H,17,18)(H,19,20). The van der Waals surface area contributed by atoms with Gasteiger partial charge in [-0.25, -0.2) is 9.18 Å². The Kier molecular flexibility index (Phi) is 4.05.